The highest BCUT2D eigenvalue weighted by Crippen LogP contribution is 2.00. The van der Waals surface area contributed by atoms with Gasteiger partial charge in [-0.15, -0.1) is 0 Å². The maximum Gasteiger partial charge on any atom is 0.326 e. The van der Waals surface area contributed by atoms with Gasteiger partial charge < -0.3 is 21.3 Å². The van der Waals surface area contributed by atoms with Gasteiger partial charge in [-0.1, -0.05) is 0 Å². The van der Waals surface area contributed by atoms with Crippen LogP contribution in [0.2, 0.25) is 0 Å². The standard InChI is InChI=1S/C10H16N2O6/c11-5-6(13)1-3-8(14)12-7(10(17)18)2-4-9(15)16/h7H,1-5,11H2,(H,12,14)(H,15,16)(H,17,18)/t7-/m0/s1. The minimum Gasteiger partial charge on any atom is -0.481 e. The molecule has 0 unspecified atom stereocenters. The summed E-state index contributed by atoms with van der Waals surface area (Å²) in [5, 5.41) is 19.3. The number of ketones is 1. The summed E-state index contributed by atoms with van der Waals surface area (Å²) in [6.07, 6.45) is -0.791. The summed E-state index contributed by atoms with van der Waals surface area (Å²) in [6, 6.07) is -1.26. The third-order valence-electron chi connectivity index (χ3n) is 2.14. The zero-order valence-corrected chi connectivity index (χ0v) is 9.72. The van der Waals surface area contributed by atoms with Crippen molar-refractivity contribution in [2.45, 2.75) is 31.7 Å². The van der Waals surface area contributed by atoms with Crippen LogP contribution in [0.15, 0.2) is 0 Å². The van der Waals surface area contributed by atoms with Crippen LogP contribution in [0.4, 0.5) is 0 Å². The van der Waals surface area contributed by atoms with E-state index in [9.17, 15) is 19.2 Å². The highest BCUT2D eigenvalue weighted by atomic mass is 16.4. The van der Waals surface area contributed by atoms with Crippen LogP contribution in [0.25, 0.3) is 0 Å². The Balaban J connectivity index is 4.15. The number of amides is 1. The molecule has 0 heterocycles. The highest BCUT2D eigenvalue weighted by molar-refractivity contribution is 5.88. The maximum absolute atomic E-state index is 11.3. The second kappa shape index (κ2) is 8.18. The molecule has 18 heavy (non-hydrogen) atoms. The molecule has 102 valence electrons. The van der Waals surface area contributed by atoms with Gasteiger partial charge in [-0.05, 0) is 6.42 Å². The van der Waals surface area contributed by atoms with Gasteiger partial charge >= 0.3 is 11.9 Å². The summed E-state index contributed by atoms with van der Waals surface area (Å²) in [7, 11) is 0. The number of rotatable bonds is 9. The summed E-state index contributed by atoms with van der Waals surface area (Å²) in [5.74, 6) is -3.37. The van der Waals surface area contributed by atoms with Crippen molar-refractivity contribution >= 4 is 23.6 Å². The molecule has 0 bridgehead atoms. The SMILES string of the molecule is NCC(=O)CCC(=O)N[C@@H](CCC(=O)O)C(=O)O. The van der Waals surface area contributed by atoms with Crippen molar-refractivity contribution in [2.24, 2.45) is 5.73 Å². The van der Waals surface area contributed by atoms with Gasteiger partial charge in [0.25, 0.3) is 0 Å². The summed E-state index contributed by atoms with van der Waals surface area (Å²) >= 11 is 0. The molecule has 0 saturated heterocycles. The molecule has 0 radical (unpaired) electrons. The molecule has 8 nitrogen and oxygen atoms in total. The average Bonchev–Trinajstić information content (AvgIpc) is 2.30. The lowest BCUT2D eigenvalue weighted by Gasteiger charge is -2.13. The molecule has 0 aliphatic heterocycles. The zero-order valence-electron chi connectivity index (χ0n) is 9.72. The number of hydrogen-bond acceptors (Lipinski definition) is 5. The summed E-state index contributed by atoms with van der Waals surface area (Å²) < 4.78 is 0. The van der Waals surface area contributed by atoms with E-state index in [1.807, 2.05) is 0 Å². The van der Waals surface area contributed by atoms with Crippen LogP contribution >= 0.6 is 0 Å². The van der Waals surface area contributed by atoms with E-state index in [1.165, 1.54) is 0 Å². The molecule has 0 rings (SSSR count). The lowest BCUT2D eigenvalue weighted by molar-refractivity contribution is -0.143. The largest absolute Gasteiger partial charge is 0.481 e. The molecular weight excluding hydrogens is 244 g/mol. The Hall–Kier alpha value is -1.96. The van der Waals surface area contributed by atoms with Gasteiger partial charge in [-0.2, -0.15) is 0 Å². The molecule has 0 aromatic carbocycles. The van der Waals surface area contributed by atoms with Gasteiger partial charge in [0, 0.05) is 19.3 Å². The molecule has 0 aliphatic carbocycles. The second-order valence-electron chi connectivity index (χ2n) is 3.63. The van der Waals surface area contributed by atoms with Crippen LogP contribution in [-0.4, -0.2) is 46.4 Å². The quantitative estimate of drug-likeness (QED) is 0.404. The highest BCUT2D eigenvalue weighted by Gasteiger charge is 2.20. The lowest BCUT2D eigenvalue weighted by atomic mass is 10.1. The van der Waals surface area contributed by atoms with E-state index < -0.39 is 23.9 Å². The Bertz CT molecular complexity index is 341. The predicted octanol–water partition coefficient (Wildman–Crippen LogP) is -1.27. The molecule has 0 saturated carbocycles. The maximum atomic E-state index is 11.3. The van der Waals surface area contributed by atoms with Crippen LogP contribution in [0.1, 0.15) is 25.7 Å². The number of carbonyl (C=O) groups excluding carboxylic acids is 2. The van der Waals surface area contributed by atoms with Crippen LogP contribution in [0, 0.1) is 0 Å². The third kappa shape index (κ3) is 7.34. The summed E-state index contributed by atoms with van der Waals surface area (Å²) in [4.78, 5) is 43.2. The first kappa shape index (κ1) is 16.0. The zero-order chi connectivity index (χ0) is 14.1. The first-order chi connectivity index (χ1) is 8.36. The smallest absolute Gasteiger partial charge is 0.326 e. The Morgan fingerprint density at radius 2 is 1.67 bits per heavy atom. The molecule has 5 N–H and O–H groups in total. The molecule has 0 fully saturated rings. The van der Waals surface area contributed by atoms with Crippen molar-refractivity contribution in [2.75, 3.05) is 6.54 Å². The predicted molar refractivity (Wildman–Crippen MR) is 59.7 cm³/mol. The van der Waals surface area contributed by atoms with Gasteiger partial charge in [0.05, 0.1) is 6.54 Å². The van der Waals surface area contributed by atoms with Crippen molar-refractivity contribution in [1.29, 1.82) is 0 Å². The second-order valence-corrected chi connectivity index (χ2v) is 3.63. The number of hydrogen-bond donors (Lipinski definition) is 4. The van der Waals surface area contributed by atoms with Gasteiger partial charge in [-0.3, -0.25) is 14.4 Å². The van der Waals surface area contributed by atoms with Crippen molar-refractivity contribution in [1.82, 2.24) is 5.32 Å². The molecule has 1 atom stereocenters. The molecule has 8 heteroatoms. The van der Waals surface area contributed by atoms with E-state index in [-0.39, 0.29) is 38.0 Å². The lowest BCUT2D eigenvalue weighted by Crippen LogP contribution is -2.41. The van der Waals surface area contributed by atoms with Gasteiger partial charge in [0.15, 0.2) is 0 Å². The molecule has 0 spiro atoms. The number of carboxylic acid groups (broad SMARTS) is 2. The Kier molecular flexibility index (Phi) is 7.29. The molecular formula is C10H16N2O6. The van der Waals surface area contributed by atoms with E-state index in [0.29, 0.717) is 0 Å². The first-order valence-electron chi connectivity index (χ1n) is 5.32. The van der Waals surface area contributed by atoms with Gasteiger partial charge in [-0.25, -0.2) is 4.79 Å². The van der Waals surface area contributed by atoms with Crippen LogP contribution in [0.3, 0.4) is 0 Å². The number of Topliss-reactive ketones (excluding diaryl/α,β-unsaturated/α-hetero) is 1. The van der Waals surface area contributed by atoms with E-state index in [0.717, 1.165) is 0 Å². The number of carbonyl (C=O) groups is 4. The van der Waals surface area contributed by atoms with Crippen molar-refractivity contribution in [3.8, 4) is 0 Å². The fourth-order valence-electron chi connectivity index (χ4n) is 1.15. The van der Waals surface area contributed by atoms with Gasteiger partial charge in [0.2, 0.25) is 5.91 Å². The summed E-state index contributed by atoms with van der Waals surface area (Å²) in [6.45, 7) is -0.172. The first-order valence-corrected chi connectivity index (χ1v) is 5.32. The van der Waals surface area contributed by atoms with Crippen LogP contribution in [0.5, 0.6) is 0 Å². The van der Waals surface area contributed by atoms with Crippen molar-refractivity contribution in [3.63, 3.8) is 0 Å². The molecule has 0 aromatic heterocycles. The number of carboxylic acids is 2. The molecule has 0 aromatic rings. The van der Waals surface area contributed by atoms with E-state index in [2.05, 4.69) is 5.32 Å². The normalized spacial score (nSPS) is 11.6. The Morgan fingerprint density at radius 1 is 1.06 bits per heavy atom. The fraction of sp³-hybridized carbons (Fsp3) is 0.600. The van der Waals surface area contributed by atoms with Crippen LogP contribution in [-0.2, 0) is 19.2 Å². The Labute approximate surface area is 103 Å². The van der Waals surface area contributed by atoms with Crippen LogP contribution < -0.4 is 11.1 Å². The molecule has 0 aliphatic rings. The van der Waals surface area contributed by atoms with E-state index >= 15 is 0 Å². The minimum atomic E-state index is -1.31. The van der Waals surface area contributed by atoms with Gasteiger partial charge in [0.1, 0.15) is 11.8 Å². The number of nitrogens with one attached hydrogen (secondary N) is 1. The van der Waals surface area contributed by atoms with Crippen molar-refractivity contribution < 1.29 is 29.4 Å². The fourth-order valence-corrected chi connectivity index (χ4v) is 1.15. The number of aliphatic carboxylic acids is 2. The number of nitrogens with two attached hydrogens (primary N) is 1. The summed E-state index contributed by atoms with van der Waals surface area (Å²) in [5.41, 5.74) is 5.05. The minimum absolute atomic E-state index is 0.0619. The van der Waals surface area contributed by atoms with Crippen molar-refractivity contribution in [3.05, 3.63) is 0 Å². The average molecular weight is 260 g/mol. The third-order valence-corrected chi connectivity index (χ3v) is 2.14. The topological polar surface area (TPSA) is 147 Å². The van der Waals surface area contributed by atoms with E-state index in [1.54, 1.807) is 0 Å². The monoisotopic (exact) mass is 260 g/mol. The van der Waals surface area contributed by atoms with E-state index in [4.69, 9.17) is 15.9 Å². The molecule has 1 amide bonds. The Morgan fingerprint density at radius 3 is 2.11 bits per heavy atom.